The lowest BCUT2D eigenvalue weighted by Crippen LogP contribution is -2.13. The van der Waals surface area contributed by atoms with Crippen molar-refractivity contribution in [1.29, 1.82) is 0 Å². The third kappa shape index (κ3) is 5.03. The van der Waals surface area contributed by atoms with Crippen LogP contribution in [0.25, 0.3) is 27.0 Å². The summed E-state index contributed by atoms with van der Waals surface area (Å²) in [6.45, 7) is 1.97. The molecule has 8 nitrogen and oxygen atoms in total. The molecule has 190 valence electrons. The molecule has 2 N–H and O–H groups in total. The van der Waals surface area contributed by atoms with Gasteiger partial charge in [0.15, 0.2) is 0 Å². The van der Waals surface area contributed by atoms with Crippen molar-refractivity contribution in [1.82, 2.24) is 18.9 Å². The second kappa shape index (κ2) is 10.3. The van der Waals surface area contributed by atoms with Gasteiger partial charge in [0.25, 0.3) is 11.5 Å². The highest BCUT2D eigenvalue weighted by atomic mass is 32.1. The molecule has 0 saturated heterocycles. The van der Waals surface area contributed by atoms with E-state index in [1.54, 1.807) is 46.8 Å². The summed E-state index contributed by atoms with van der Waals surface area (Å²) in [6.07, 6.45) is 5.16. The van der Waals surface area contributed by atoms with Crippen LogP contribution in [-0.4, -0.2) is 24.8 Å². The van der Waals surface area contributed by atoms with E-state index >= 15 is 0 Å². The summed E-state index contributed by atoms with van der Waals surface area (Å²) < 4.78 is 2.55. The molecule has 0 aliphatic carbocycles. The van der Waals surface area contributed by atoms with E-state index in [0.29, 0.717) is 28.3 Å². The Balaban J connectivity index is 1.19. The number of carbonyl (C=O) groups excluding carboxylic acids is 1. The van der Waals surface area contributed by atoms with Gasteiger partial charge in [0.05, 0.1) is 21.5 Å². The van der Waals surface area contributed by atoms with Crippen LogP contribution in [0, 0.1) is 6.92 Å². The Hall–Kier alpha value is -5.15. The van der Waals surface area contributed by atoms with Crippen LogP contribution < -0.4 is 16.2 Å². The summed E-state index contributed by atoms with van der Waals surface area (Å²) in [5, 5.41) is 6.88. The molecule has 0 spiro atoms. The van der Waals surface area contributed by atoms with Crippen molar-refractivity contribution in [3.05, 3.63) is 125 Å². The molecule has 0 aliphatic heterocycles. The monoisotopic (exact) mass is 530 g/mol. The van der Waals surface area contributed by atoms with Gasteiger partial charge in [0.2, 0.25) is 5.95 Å². The topological polar surface area (TPSA) is 102 Å². The van der Waals surface area contributed by atoms with Crippen molar-refractivity contribution in [2.45, 2.75) is 6.92 Å². The number of pyridine rings is 1. The molecular weight excluding hydrogens is 508 g/mol. The minimum Gasteiger partial charge on any atom is -0.324 e. The number of aryl methyl sites for hydroxylation is 1. The number of hydrogen-bond donors (Lipinski definition) is 2. The van der Waals surface area contributed by atoms with Gasteiger partial charge in [0.1, 0.15) is 0 Å². The number of rotatable bonds is 6. The SMILES string of the molecule is Cc1ccc(NC(=O)c2ccc(-n3sc4ccccc4c3=O)cc2)cc1Nc1nccc(-c2cccnc2)n1. The third-order valence-corrected chi connectivity index (χ3v) is 7.32. The Morgan fingerprint density at radius 1 is 0.923 bits per heavy atom. The number of nitrogens with zero attached hydrogens (tertiary/aromatic N) is 4. The lowest BCUT2D eigenvalue weighted by atomic mass is 10.1. The van der Waals surface area contributed by atoms with Crippen LogP contribution in [0.5, 0.6) is 0 Å². The first kappa shape index (κ1) is 24.2. The molecule has 6 rings (SSSR count). The summed E-state index contributed by atoms with van der Waals surface area (Å²) in [6, 6.07) is 25.7. The van der Waals surface area contributed by atoms with Crippen LogP contribution >= 0.6 is 11.5 Å². The summed E-state index contributed by atoms with van der Waals surface area (Å²) >= 11 is 1.38. The number of nitrogens with one attached hydrogen (secondary N) is 2. The molecule has 3 aromatic carbocycles. The number of fused-ring (bicyclic) bond motifs is 1. The highest BCUT2D eigenvalue weighted by Crippen LogP contribution is 2.25. The van der Waals surface area contributed by atoms with E-state index in [1.807, 2.05) is 67.6 Å². The number of hydrogen-bond acceptors (Lipinski definition) is 7. The zero-order chi connectivity index (χ0) is 26.8. The molecule has 3 heterocycles. The molecule has 0 aliphatic rings. The van der Waals surface area contributed by atoms with Gasteiger partial charge in [-0.25, -0.2) is 13.9 Å². The fraction of sp³-hybridized carbons (Fsp3) is 0.0333. The Bertz CT molecular complexity index is 1860. The van der Waals surface area contributed by atoms with E-state index in [4.69, 9.17) is 0 Å². The van der Waals surface area contributed by atoms with Crippen molar-refractivity contribution < 1.29 is 4.79 Å². The zero-order valence-corrected chi connectivity index (χ0v) is 21.6. The van der Waals surface area contributed by atoms with E-state index in [2.05, 4.69) is 25.6 Å². The maximum absolute atomic E-state index is 13.0. The van der Waals surface area contributed by atoms with Gasteiger partial charge in [-0.1, -0.05) is 29.7 Å². The molecule has 0 atom stereocenters. The number of benzene rings is 3. The first-order valence-corrected chi connectivity index (χ1v) is 13.0. The Labute approximate surface area is 227 Å². The maximum atomic E-state index is 13.0. The van der Waals surface area contributed by atoms with Gasteiger partial charge in [-0.2, -0.15) is 0 Å². The van der Waals surface area contributed by atoms with Gasteiger partial charge in [-0.15, -0.1) is 0 Å². The van der Waals surface area contributed by atoms with E-state index in [-0.39, 0.29) is 11.5 Å². The standard InChI is InChI=1S/C30H22N6O2S/c1-19-8-11-22(17-26(19)35-30-32-16-14-25(34-30)21-5-4-15-31-18-21)33-28(37)20-9-12-23(13-10-20)36-29(38)24-6-2-3-7-27(24)39-36/h2-18H,1H3,(H,33,37)(H,32,34,35). The number of aromatic nitrogens is 4. The summed E-state index contributed by atoms with van der Waals surface area (Å²) in [4.78, 5) is 38.8. The van der Waals surface area contributed by atoms with Crippen LogP contribution in [-0.2, 0) is 0 Å². The van der Waals surface area contributed by atoms with E-state index in [9.17, 15) is 9.59 Å². The van der Waals surface area contributed by atoms with Gasteiger partial charge < -0.3 is 10.6 Å². The second-order valence-corrected chi connectivity index (χ2v) is 9.84. The minimum atomic E-state index is -0.255. The predicted molar refractivity (Wildman–Crippen MR) is 155 cm³/mol. The fourth-order valence-corrected chi connectivity index (χ4v) is 5.14. The zero-order valence-electron chi connectivity index (χ0n) is 20.8. The Kier molecular flexibility index (Phi) is 6.40. The van der Waals surface area contributed by atoms with E-state index in [1.165, 1.54) is 11.5 Å². The summed E-state index contributed by atoms with van der Waals surface area (Å²) in [7, 11) is 0. The molecular formula is C30H22N6O2S. The average Bonchev–Trinajstić information content (AvgIpc) is 3.32. The molecule has 0 unspecified atom stereocenters. The molecule has 0 fully saturated rings. The Morgan fingerprint density at radius 2 is 1.77 bits per heavy atom. The van der Waals surface area contributed by atoms with Crippen LogP contribution in [0.1, 0.15) is 15.9 Å². The van der Waals surface area contributed by atoms with Gasteiger partial charge in [-0.3, -0.25) is 14.6 Å². The smallest absolute Gasteiger partial charge is 0.273 e. The molecule has 1 amide bonds. The summed E-state index contributed by atoms with van der Waals surface area (Å²) in [5.41, 5.74) is 5.15. The molecule has 0 bridgehead atoms. The van der Waals surface area contributed by atoms with Crippen molar-refractivity contribution in [3.8, 4) is 16.9 Å². The van der Waals surface area contributed by atoms with Gasteiger partial charge in [0, 0.05) is 41.1 Å². The molecule has 3 aromatic heterocycles. The highest BCUT2D eigenvalue weighted by molar-refractivity contribution is 7.14. The number of carbonyl (C=O) groups is 1. The number of anilines is 3. The molecule has 0 radical (unpaired) electrons. The molecule has 0 saturated carbocycles. The lowest BCUT2D eigenvalue weighted by Gasteiger charge is -2.12. The first-order chi connectivity index (χ1) is 19.0. The van der Waals surface area contributed by atoms with Crippen LogP contribution in [0.4, 0.5) is 17.3 Å². The second-order valence-electron chi connectivity index (χ2n) is 8.85. The van der Waals surface area contributed by atoms with Gasteiger partial charge >= 0.3 is 0 Å². The molecule has 9 heteroatoms. The van der Waals surface area contributed by atoms with Crippen LogP contribution in [0.2, 0.25) is 0 Å². The highest BCUT2D eigenvalue weighted by Gasteiger charge is 2.12. The minimum absolute atomic E-state index is 0.0672. The predicted octanol–water partition coefficient (Wildman–Crippen LogP) is 6.21. The molecule has 6 aromatic rings. The summed E-state index contributed by atoms with van der Waals surface area (Å²) in [5.74, 6) is 0.185. The average molecular weight is 531 g/mol. The van der Waals surface area contributed by atoms with Crippen molar-refractivity contribution in [2.75, 3.05) is 10.6 Å². The van der Waals surface area contributed by atoms with E-state index in [0.717, 1.165) is 27.2 Å². The van der Waals surface area contributed by atoms with Crippen LogP contribution in [0.3, 0.4) is 0 Å². The normalized spacial score (nSPS) is 10.9. The van der Waals surface area contributed by atoms with Crippen molar-refractivity contribution in [2.24, 2.45) is 0 Å². The van der Waals surface area contributed by atoms with E-state index < -0.39 is 0 Å². The fourth-order valence-electron chi connectivity index (χ4n) is 4.14. The lowest BCUT2D eigenvalue weighted by molar-refractivity contribution is 0.102. The third-order valence-electron chi connectivity index (χ3n) is 6.21. The Morgan fingerprint density at radius 3 is 2.56 bits per heavy atom. The van der Waals surface area contributed by atoms with Crippen LogP contribution in [0.15, 0.2) is 108 Å². The largest absolute Gasteiger partial charge is 0.324 e. The first-order valence-electron chi connectivity index (χ1n) is 12.2. The van der Waals surface area contributed by atoms with Gasteiger partial charge in [-0.05, 0) is 79.2 Å². The van der Waals surface area contributed by atoms with Crippen molar-refractivity contribution in [3.63, 3.8) is 0 Å². The van der Waals surface area contributed by atoms with Crippen molar-refractivity contribution >= 4 is 44.8 Å². The quantitative estimate of drug-likeness (QED) is 0.266. The number of amides is 1. The molecule has 39 heavy (non-hydrogen) atoms. The maximum Gasteiger partial charge on any atom is 0.273 e.